The van der Waals surface area contributed by atoms with Crippen LogP contribution in [0.4, 0.5) is 0 Å². The molecule has 0 aromatic heterocycles. The first-order valence-corrected chi connectivity index (χ1v) is 2.53. The van der Waals surface area contributed by atoms with E-state index in [1.165, 1.54) is 6.42 Å². The molecule has 54 valence electrons. The molecule has 3 heteroatoms. The summed E-state index contributed by atoms with van der Waals surface area (Å²) in [7, 11) is 0. The average Bonchev–Trinajstić information content (AvgIpc) is 1.88. The second kappa shape index (κ2) is 35.2. The summed E-state index contributed by atoms with van der Waals surface area (Å²) in [6.07, 6.45) is 9.57. The van der Waals surface area contributed by atoms with Gasteiger partial charge in [0, 0.05) is 0 Å². The van der Waals surface area contributed by atoms with Crippen molar-refractivity contribution in [3.05, 3.63) is 13.0 Å². The van der Waals surface area contributed by atoms with E-state index in [4.69, 9.17) is 18.3 Å². The maximum atomic E-state index is 6.46. The Morgan fingerprint density at radius 3 is 1.90 bits per heavy atom. The van der Waals surface area contributed by atoms with Crippen molar-refractivity contribution in [2.45, 2.75) is 26.2 Å². The molecule has 0 radical (unpaired) electrons. The van der Waals surface area contributed by atoms with E-state index in [2.05, 4.69) is 12.8 Å². The Hall–Kier alpha value is 0.167. The number of hydrogen-bond donors (Lipinski definition) is 0. The van der Waals surface area contributed by atoms with Gasteiger partial charge in [-0.25, -0.2) is 0 Å². The molecule has 0 fully saturated rings. The zero-order chi connectivity index (χ0) is 6.83. The van der Waals surface area contributed by atoms with E-state index in [-0.39, 0.29) is 35.9 Å². The van der Waals surface area contributed by atoms with Crippen LogP contribution in [0.2, 0.25) is 0 Å². The molecule has 0 amide bonds. The van der Waals surface area contributed by atoms with Crippen molar-refractivity contribution in [1.82, 2.24) is 0 Å². The fraction of sp³-hybridized carbons (Fsp3) is 0.571. The van der Waals surface area contributed by atoms with E-state index in [9.17, 15) is 0 Å². The van der Waals surface area contributed by atoms with Gasteiger partial charge in [-0.05, 0) is 12.8 Å². The quantitative estimate of drug-likeness (QED) is 0.227. The molecule has 0 aromatic carbocycles. The summed E-state index contributed by atoms with van der Waals surface area (Å²) in [5.41, 5.74) is 0. The smallest absolute Gasteiger partial charge is 0.694 e. The molecule has 0 aromatic rings. The molecule has 0 spiro atoms. The largest absolute Gasteiger partial charge is 1.00 e. The third-order valence-corrected chi connectivity index (χ3v) is 0.655. The van der Waals surface area contributed by atoms with E-state index >= 15 is 0 Å². The Morgan fingerprint density at radius 2 is 1.80 bits per heavy atom. The van der Waals surface area contributed by atoms with Gasteiger partial charge in [0.1, 0.15) is 0 Å². The average molecular weight is 178 g/mol. The van der Waals surface area contributed by atoms with Crippen LogP contribution >= 0.6 is 0 Å². The number of rotatable bonds is 2. The van der Waals surface area contributed by atoms with E-state index in [1.807, 2.05) is 0 Å². The second-order valence-corrected chi connectivity index (χ2v) is 1.28. The maximum absolute atomic E-state index is 6.46. The van der Waals surface area contributed by atoms with Crippen LogP contribution in [0.15, 0.2) is 0 Å². The van der Waals surface area contributed by atoms with Crippen molar-refractivity contribution in [1.29, 1.82) is 5.26 Å². The van der Waals surface area contributed by atoms with Crippen molar-refractivity contribution < 1.29 is 35.9 Å². The summed E-state index contributed by atoms with van der Waals surface area (Å²) >= 11 is 0. The van der Waals surface area contributed by atoms with Crippen molar-refractivity contribution >= 4 is 0 Å². The predicted octanol–water partition coefficient (Wildman–Crippen LogP) is -1.14. The Kier molecular flexibility index (Phi) is 79.1. The summed E-state index contributed by atoms with van der Waals surface area (Å²) in [6, 6.07) is 0. The van der Waals surface area contributed by atoms with E-state index in [1.54, 1.807) is 0 Å². The van der Waals surface area contributed by atoms with E-state index in [0.29, 0.717) is 0 Å². The molecule has 0 bridgehead atoms. The Balaban J connectivity index is -0.0000000412. The van der Waals surface area contributed by atoms with Crippen LogP contribution < -0.4 is 18.9 Å². The minimum Gasteiger partial charge on any atom is -0.694 e. The van der Waals surface area contributed by atoms with Crippen LogP contribution in [-0.4, -0.2) is 0 Å². The number of nitrogens with zero attached hydrogens (tertiary/aromatic N) is 1. The molecule has 0 atom stereocenters. The van der Waals surface area contributed by atoms with E-state index < -0.39 is 0 Å². The zero-order valence-electron chi connectivity index (χ0n) is 6.37. The molecule has 0 heterocycles. The number of hydrogen-bond acceptors (Lipinski definition) is 1. The molecule has 0 saturated heterocycles. The Labute approximate surface area is 86.2 Å². The number of unbranched alkanes of at least 4 members (excludes halogenated alkanes) is 2. The van der Waals surface area contributed by atoms with Crippen molar-refractivity contribution in [2.75, 3.05) is 0 Å². The molecule has 0 aliphatic rings. The molecule has 0 aliphatic carbocycles. The normalized spacial score (nSPS) is 4.60. The van der Waals surface area contributed by atoms with Crippen LogP contribution in [0, 0.1) is 24.2 Å². The second-order valence-electron chi connectivity index (χ2n) is 1.28. The molecular formula is C7H9CuLiN. The van der Waals surface area contributed by atoms with Gasteiger partial charge in [-0.3, -0.25) is 0 Å². The molecular weight excluding hydrogens is 169 g/mol. The van der Waals surface area contributed by atoms with Gasteiger partial charge in [0.15, 0.2) is 0 Å². The van der Waals surface area contributed by atoms with Gasteiger partial charge in [0.25, 0.3) is 0 Å². The SMILES string of the molecule is [C-]#CCCCC.[C-]#N.[Cu+].[Li+]. The summed E-state index contributed by atoms with van der Waals surface area (Å²) in [6.45, 7) is 6.86. The van der Waals surface area contributed by atoms with Crippen LogP contribution in [0.5, 0.6) is 0 Å². The minimum atomic E-state index is 0. The fourth-order valence-electron chi connectivity index (χ4n) is 0.265. The van der Waals surface area contributed by atoms with Crippen LogP contribution in [0.3, 0.4) is 0 Å². The van der Waals surface area contributed by atoms with Gasteiger partial charge >= 0.3 is 35.9 Å². The third kappa shape index (κ3) is 41.8. The first-order valence-electron chi connectivity index (χ1n) is 2.53. The summed E-state index contributed by atoms with van der Waals surface area (Å²) in [5, 5.41) is 6.25. The van der Waals surface area contributed by atoms with Crippen molar-refractivity contribution in [3.8, 4) is 5.92 Å². The topological polar surface area (TPSA) is 23.8 Å². The van der Waals surface area contributed by atoms with Gasteiger partial charge in [0.05, 0.1) is 0 Å². The molecule has 0 aliphatic heterocycles. The standard InChI is InChI=1S/C6H9.CN.Cu.Li/c1-3-5-6-4-2;1-2;;/h3,5-6H2,1H3;;;/q2*-1;2*+1. The first-order chi connectivity index (χ1) is 3.91. The predicted molar refractivity (Wildman–Crippen MR) is 31.6 cm³/mol. The Bertz CT molecular complexity index is 85.3. The summed E-state index contributed by atoms with van der Waals surface area (Å²) in [4.78, 5) is 0. The van der Waals surface area contributed by atoms with Gasteiger partial charge in [0.2, 0.25) is 0 Å². The van der Waals surface area contributed by atoms with Gasteiger partial charge < -0.3 is 24.2 Å². The first kappa shape index (κ1) is 22.5. The molecule has 0 N–H and O–H groups in total. The summed E-state index contributed by atoms with van der Waals surface area (Å²) < 4.78 is 0. The van der Waals surface area contributed by atoms with Gasteiger partial charge in [-0.1, -0.05) is 13.3 Å². The summed E-state index contributed by atoms with van der Waals surface area (Å²) in [5.74, 6) is 2.32. The monoisotopic (exact) mass is 177 g/mol. The van der Waals surface area contributed by atoms with Gasteiger partial charge in [-0.2, -0.15) is 0 Å². The van der Waals surface area contributed by atoms with Crippen LogP contribution in [-0.2, 0) is 17.1 Å². The molecule has 1 nitrogen and oxygen atoms in total. The Morgan fingerprint density at radius 1 is 1.40 bits per heavy atom. The molecule has 10 heavy (non-hydrogen) atoms. The molecule has 0 rings (SSSR count). The zero-order valence-corrected chi connectivity index (χ0v) is 7.31. The molecule has 0 unspecified atom stereocenters. The van der Waals surface area contributed by atoms with E-state index in [0.717, 1.165) is 12.8 Å². The fourth-order valence-corrected chi connectivity index (χ4v) is 0.265. The van der Waals surface area contributed by atoms with Gasteiger partial charge in [-0.15, -0.1) is 0 Å². The van der Waals surface area contributed by atoms with Crippen molar-refractivity contribution in [2.24, 2.45) is 0 Å². The third-order valence-electron chi connectivity index (χ3n) is 0.655. The van der Waals surface area contributed by atoms with Crippen molar-refractivity contribution in [3.63, 3.8) is 0 Å². The van der Waals surface area contributed by atoms with Crippen LogP contribution in [0.25, 0.3) is 0 Å². The molecule has 0 saturated carbocycles. The minimum absolute atomic E-state index is 0. The van der Waals surface area contributed by atoms with Crippen LogP contribution in [0.1, 0.15) is 26.2 Å². The maximum Gasteiger partial charge on any atom is 1.00 e.